The van der Waals surface area contributed by atoms with Crippen LogP contribution in [0.25, 0.3) is 0 Å². The Kier molecular flexibility index (Phi) is 4.83. The summed E-state index contributed by atoms with van der Waals surface area (Å²) in [6.45, 7) is 3.91. The first-order chi connectivity index (χ1) is 9.25. The van der Waals surface area contributed by atoms with Crippen LogP contribution in [-0.2, 0) is 10.0 Å². The Bertz CT molecular complexity index is 586. The average molecular weight is 426 g/mol. The van der Waals surface area contributed by atoms with Gasteiger partial charge in [0.1, 0.15) is 4.90 Å². The Labute approximate surface area is 137 Å². The maximum absolute atomic E-state index is 13.0. The molecule has 1 aliphatic rings. The molecule has 1 aromatic rings. The number of benzene rings is 1. The maximum atomic E-state index is 13.0. The molecule has 1 saturated heterocycles. The second-order valence-electron chi connectivity index (χ2n) is 5.27. The van der Waals surface area contributed by atoms with Crippen molar-refractivity contribution in [3.05, 3.63) is 21.1 Å². The lowest BCUT2D eigenvalue weighted by atomic mass is 10.0. The lowest BCUT2D eigenvalue weighted by Gasteiger charge is -2.38. The van der Waals surface area contributed by atoms with Crippen LogP contribution < -0.4 is 5.73 Å². The first-order valence-corrected chi connectivity index (χ1v) is 9.56. The van der Waals surface area contributed by atoms with E-state index >= 15 is 0 Å². The van der Waals surface area contributed by atoms with E-state index < -0.39 is 10.0 Å². The second-order valence-corrected chi connectivity index (χ2v) is 8.82. The fourth-order valence-corrected chi connectivity index (χ4v) is 6.73. The molecule has 2 atom stereocenters. The minimum Gasteiger partial charge on any atom is -0.398 e. The molecule has 0 spiro atoms. The molecular weight excluding hydrogens is 408 g/mol. The van der Waals surface area contributed by atoms with E-state index in [1.165, 1.54) is 0 Å². The molecule has 0 unspecified atom stereocenters. The Morgan fingerprint density at radius 1 is 1.20 bits per heavy atom. The van der Waals surface area contributed by atoms with E-state index in [0.29, 0.717) is 4.47 Å². The SMILES string of the molecule is C[C@@H]1CCC[C@H](C)N1S(=O)(=O)c1c(N)cc(Br)cc1Br. The van der Waals surface area contributed by atoms with E-state index in [9.17, 15) is 8.42 Å². The van der Waals surface area contributed by atoms with Crippen LogP contribution in [0.15, 0.2) is 26.0 Å². The molecule has 0 radical (unpaired) electrons. The Morgan fingerprint density at radius 3 is 2.25 bits per heavy atom. The van der Waals surface area contributed by atoms with Gasteiger partial charge in [-0.1, -0.05) is 22.4 Å². The largest absolute Gasteiger partial charge is 0.398 e. The van der Waals surface area contributed by atoms with Gasteiger partial charge in [0, 0.05) is 21.0 Å². The van der Waals surface area contributed by atoms with E-state index in [1.54, 1.807) is 16.4 Å². The van der Waals surface area contributed by atoms with Crippen molar-refractivity contribution in [3.8, 4) is 0 Å². The number of nitrogens with zero attached hydrogens (tertiary/aromatic N) is 1. The molecule has 2 N–H and O–H groups in total. The molecule has 1 aromatic carbocycles. The highest BCUT2D eigenvalue weighted by atomic mass is 79.9. The Morgan fingerprint density at radius 2 is 1.75 bits per heavy atom. The van der Waals surface area contributed by atoms with Crippen molar-refractivity contribution in [2.24, 2.45) is 0 Å². The number of anilines is 1. The molecule has 0 aliphatic carbocycles. The standard InChI is InChI=1S/C13H18Br2N2O2S/c1-8-4-3-5-9(2)17(8)20(18,19)13-11(15)6-10(14)7-12(13)16/h6-9H,3-5,16H2,1-2H3/t8-,9+. The zero-order valence-corrected chi connectivity index (χ0v) is 15.4. The van der Waals surface area contributed by atoms with Gasteiger partial charge >= 0.3 is 0 Å². The fourth-order valence-electron chi connectivity index (χ4n) is 2.83. The number of hydrogen-bond donors (Lipinski definition) is 1. The van der Waals surface area contributed by atoms with Gasteiger partial charge in [0.05, 0.1) is 5.69 Å². The molecule has 1 fully saturated rings. The summed E-state index contributed by atoms with van der Waals surface area (Å²) in [5, 5.41) is 0. The number of hydrogen-bond acceptors (Lipinski definition) is 3. The van der Waals surface area contributed by atoms with Gasteiger partial charge in [-0.15, -0.1) is 0 Å². The molecule has 0 aromatic heterocycles. The average Bonchev–Trinajstić information content (AvgIpc) is 2.25. The summed E-state index contributed by atoms with van der Waals surface area (Å²) in [6, 6.07) is 3.33. The topological polar surface area (TPSA) is 63.4 Å². The predicted octanol–water partition coefficient (Wildman–Crippen LogP) is 3.75. The Balaban J connectivity index is 2.55. The van der Waals surface area contributed by atoms with Gasteiger partial charge < -0.3 is 5.73 Å². The van der Waals surface area contributed by atoms with Crippen molar-refractivity contribution in [2.75, 3.05) is 5.73 Å². The van der Waals surface area contributed by atoms with E-state index in [4.69, 9.17) is 5.73 Å². The number of nitrogens with two attached hydrogens (primary N) is 1. The Hall–Kier alpha value is -0.110. The monoisotopic (exact) mass is 424 g/mol. The van der Waals surface area contributed by atoms with E-state index in [1.807, 2.05) is 13.8 Å². The highest BCUT2D eigenvalue weighted by molar-refractivity contribution is 9.11. The quantitative estimate of drug-likeness (QED) is 0.734. The van der Waals surface area contributed by atoms with Crippen LogP contribution in [0.2, 0.25) is 0 Å². The molecule has 0 saturated carbocycles. The van der Waals surface area contributed by atoms with Crippen LogP contribution >= 0.6 is 31.9 Å². The summed E-state index contributed by atoms with van der Waals surface area (Å²) in [5.41, 5.74) is 6.20. The zero-order chi connectivity index (χ0) is 15.1. The first kappa shape index (κ1) is 16.3. The molecule has 0 bridgehead atoms. The highest BCUT2D eigenvalue weighted by Crippen LogP contribution is 2.37. The van der Waals surface area contributed by atoms with Crippen molar-refractivity contribution in [2.45, 2.75) is 50.1 Å². The van der Waals surface area contributed by atoms with Gasteiger partial charge in [-0.25, -0.2) is 8.42 Å². The molecule has 20 heavy (non-hydrogen) atoms. The third-order valence-corrected chi connectivity index (χ3v) is 7.28. The van der Waals surface area contributed by atoms with Crippen molar-refractivity contribution in [3.63, 3.8) is 0 Å². The van der Waals surface area contributed by atoms with Gasteiger partial charge in [-0.3, -0.25) is 0 Å². The molecule has 7 heteroatoms. The third kappa shape index (κ3) is 2.91. The summed E-state index contributed by atoms with van der Waals surface area (Å²) in [5.74, 6) is 0. The third-order valence-electron chi connectivity index (χ3n) is 3.69. The summed E-state index contributed by atoms with van der Waals surface area (Å²) in [6.07, 6.45) is 2.83. The van der Waals surface area contributed by atoms with Crippen molar-refractivity contribution in [1.29, 1.82) is 0 Å². The van der Waals surface area contributed by atoms with Gasteiger partial charge in [0.2, 0.25) is 10.0 Å². The zero-order valence-electron chi connectivity index (χ0n) is 11.4. The van der Waals surface area contributed by atoms with Gasteiger partial charge in [-0.2, -0.15) is 4.31 Å². The number of rotatable bonds is 2. The maximum Gasteiger partial charge on any atom is 0.246 e. The van der Waals surface area contributed by atoms with E-state index in [-0.39, 0.29) is 22.7 Å². The minimum absolute atomic E-state index is 0.00121. The highest BCUT2D eigenvalue weighted by Gasteiger charge is 2.37. The van der Waals surface area contributed by atoms with Crippen molar-refractivity contribution < 1.29 is 8.42 Å². The van der Waals surface area contributed by atoms with Crippen LogP contribution in [0.3, 0.4) is 0 Å². The molecule has 2 rings (SSSR count). The molecule has 112 valence electrons. The van der Waals surface area contributed by atoms with Crippen LogP contribution in [-0.4, -0.2) is 24.8 Å². The first-order valence-electron chi connectivity index (χ1n) is 6.53. The summed E-state index contributed by atoms with van der Waals surface area (Å²) in [7, 11) is -3.60. The van der Waals surface area contributed by atoms with Gasteiger partial charge in [-0.05, 0) is 54.8 Å². The van der Waals surface area contributed by atoms with E-state index in [0.717, 1.165) is 23.7 Å². The van der Waals surface area contributed by atoms with Gasteiger partial charge in [0.25, 0.3) is 0 Å². The number of sulfonamides is 1. The molecule has 1 heterocycles. The number of nitrogen functional groups attached to an aromatic ring is 1. The fraction of sp³-hybridized carbons (Fsp3) is 0.538. The smallest absolute Gasteiger partial charge is 0.246 e. The molecule has 0 amide bonds. The molecule has 4 nitrogen and oxygen atoms in total. The predicted molar refractivity (Wildman–Crippen MR) is 88.1 cm³/mol. The lowest BCUT2D eigenvalue weighted by molar-refractivity contribution is 0.204. The normalized spacial score (nSPS) is 24.8. The summed E-state index contributed by atoms with van der Waals surface area (Å²) in [4.78, 5) is 0.168. The van der Waals surface area contributed by atoms with Crippen molar-refractivity contribution >= 4 is 47.6 Å². The van der Waals surface area contributed by atoms with Crippen LogP contribution in [0.5, 0.6) is 0 Å². The molecular formula is C13H18Br2N2O2S. The number of halogens is 2. The summed E-state index contributed by atoms with van der Waals surface area (Å²) >= 11 is 6.64. The summed E-state index contributed by atoms with van der Waals surface area (Å²) < 4.78 is 28.8. The van der Waals surface area contributed by atoms with Crippen LogP contribution in [0, 0.1) is 0 Å². The van der Waals surface area contributed by atoms with Crippen LogP contribution in [0.1, 0.15) is 33.1 Å². The number of piperidine rings is 1. The van der Waals surface area contributed by atoms with Crippen molar-refractivity contribution in [1.82, 2.24) is 4.31 Å². The minimum atomic E-state index is -3.60. The molecule has 1 aliphatic heterocycles. The van der Waals surface area contributed by atoms with E-state index in [2.05, 4.69) is 31.9 Å². The van der Waals surface area contributed by atoms with Gasteiger partial charge in [0.15, 0.2) is 0 Å². The lowest BCUT2D eigenvalue weighted by Crippen LogP contribution is -2.47. The second kappa shape index (κ2) is 5.94. The van der Waals surface area contributed by atoms with Crippen LogP contribution in [0.4, 0.5) is 5.69 Å².